The highest BCUT2D eigenvalue weighted by molar-refractivity contribution is 5.96. The molecule has 0 bridgehead atoms. The summed E-state index contributed by atoms with van der Waals surface area (Å²) in [6.45, 7) is 3.68. The number of carbonyl (C=O) groups excluding carboxylic acids is 2. The van der Waals surface area contributed by atoms with Crippen LogP contribution in [-0.2, 0) is 24.7 Å². The Hall–Kier alpha value is -2.36. The van der Waals surface area contributed by atoms with Crippen molar-refractivity contribution in [2.45, 2.75) is 12.0 Å². The first-order valence-corrected chi connectivity index (χ1v) is 5.81. The molecule has 1 aliphatic heterocycles. The molecule has 1 aromatic carbocycles. The summed E-state index contributed by atoms with van der Waals surface area (Å²) in [5.41, 5.74) is 0.0143. The molecule has 1 heterocycles. The normalized spacial score (nSPS) is 21.6. The van der Waals surface area contributed by atoms with Gasteiger partial charge >= 0.3 is 5.97 Å². The summed E-state index contributed by atoms with van der Waals surface area (Å²) in [5.74, 6) is -0.771. The number of rotatable bonds is 3. The molecule has 0 aliphatic carbocycles. The Morgan fingerprint density at radius 2 is 2.32 bits per heavy atom. The number of ether oxygens (including phenoxy) is 2. The van der Waals surface area contributed by atoms with Crippen molar-refractivity contribution in [2.24, 2.45) is 0 Å². The minimum atomic E-state index is -1.40. The molecule has 0 spiro atoms. The maximum Gasteiger partial charge on any atom is 0.355 e. The number of hydrogen-bond acceptors (Lipinski definition) is 4. The van der Waals surface area contributed by atoms with Crippen molar-refractivity contribution in [2.75, 3.05) is 7.11 Å². The van der Waals surface area contributed by atoms with Gasteiger partial charge in [-0.3, -0.25) is 4.79 Å². The largest absolute Gasteiger partial charge is 0.478 e. The van der Waals surface area contributed by atoms with Gasteiger partial charge in [0.25, 0.3) is 0 Å². The van der Waals surface area contributed by atoms with E-state index < -0.39 is 11.6 Å². The van der Waals surface area contributed by atoms with E-state index in [1.807, 2.05) is 6.07 Å². The number of esters is 1. The molecule has 4 heteroatoms. The van der Waals surface area contributed by atoms with Gasteiger partial charge in [0.1, 0.15) is 0 Å². The summed E-state index contributed by atoms with van der Waals surface area (Å²) in [4.78, 5) is 23.7. The van der Waals surface area contributed by atoms with Gasteiger partial charge in [0.2, 0.25) is 5.60 Å². The van der Waals surface area contributed by atoms with Gasteiger partial charge in [-0.25, -0.2) is 4.79 Å². The van der Waals surface area contributed by atoms with Gasteiger partial charge < -0.3 is 9.47 Å². The second kappa shape index (κ2) is 5.10. The van der Waals surface area contributed by atoms with Crippen LogP contribution in [0.1, 0.15) is 17.5 Å². The standard InChI is InChI=1S/C15H14O4/c1-3-11-5-4-6-12(9-11)15(14(17)18-2)10-13(16)7-8-19-15/h3-9H,1,10H2,2H3/t15-/m1/s1. The highest BCUT2D eigenvalue weighted by atomic mass is 16.6. The molecular weight excluding hydrogens is 244 g/mol. The molecule has 0 aromatic heterocycles. The smallest absolute Gasteiger partial charge is 0.355 e. The summed E-state index contributed by atoms with van der Waals surface area (Å²) >= 11 is 0. The van der Waals surface area contributed by atoms with Crippen LogP contribution in [0, 0.1) is 0 Å². The number of benzene rings is 1. The van der Waals surface area contributed by atoms with Gasteiger partial charge in [-0.2, -0.15) is 0 Å². The quantitative estimate of drug-likeness (QED) is 0.780. The van der Waals surface area contributed by atoms with E-state index in [-0.39, 0.29) is 12.2 Å². The lowest BCUT2D eigenvalue weighted by Crippen LogP contribution is -2.42. The molecule has 98 valence electrons. The predicted molar refractivity (Wildman–Crippen MR) is 70.1 cm³/mol. The van der Waals surface area contributed by atoms with Crippen LogP contribution in [0.3, 0.4) is 0 Å². The van der Waals surface area contributed by atoms with Crippen LogP contribution in [0.5, 0.6) is 0 Å². The number of methoxy groups -OCH3 is 1. The second-order valence-electron chi connectivity index (χ2n) is 4.21. The summed E-state index contributed by atoms with van der Waals surface area (Å²) in [6.07, 6.45) is 4.13. The Morgan fingerprint density at radius 3 is 2.95 bits per heavy atom. The lowest BCUT2D eigenvalue weighted by Gasteiger charge is -2.32. The predicted octanol–water partition coefficient (Wildman–Crippen LogP) is 2.20. The van der Waals surface area contributed by atoms with Crippen LogP contribution in [0.2, 0.25) is 0 Å². The molecule has 0 fully saturated rings. The zero-order valence-electron chi connectivity index (χ0n) is 10.6. The van der Waals surface area contributed by atoms with E-state index in [1.54, 1.807) is 24.3 Å². The van der Waals surface area contributed by atoms with Gasteiger partial charge in [-0.05, 0) is 11.6 Å². The van der Waals surface area contributed by atoms with Crippen LogP contribution >= 0.6 is 0 Å². The Morgan fingerprint density at radius 1 is 1.53 bits per heavy atom. The van der Waals surface area contributed by atoms with Gasteiger partial charge in [0.15, 0.2) is 5.78 Å². The Labute approximate surface area is 111 Å². The molecule has 0 unspecified atom stereocenters. The highest BCUT2D eigenvalue weighted by Crippen LogP contribution is 2.35. The van der Waals surface area contributed by atoms with Gasteiger partial charge in [-0.1, -0.05) is 30.9 Å². The molecule has 0 N–H and O–H groups in total. The molecule has 1 atom stereocenters. The van der Waals surface area contributed by atoms with Gasteiger partial charge in [0.05, 0.1) is 19.8 Å². The molecule has 4 nitrogen and oxygen atoms in total. The van der Waals surface area contributed by atoms with E-state index in [4.69, 9.17) is 9.47 Å². The third-order valence-corrected chi connectivity index (χ3v) is 3.05. The molecule has 0 amide bonds. The average molecular weight is 258 g/mol. The molecule has 1 aromatic rings. The van der Waals surface area contributed by atoms with Crippen molar-refractivity contribution in [1.82, 2.24) is 0 Å². The van der Waals surface area contributed by atoms with Crippen molar-refractivity contribution in [3.05, 3.63) is 54.3 Å². The summed E-state index contributed by atoms with van der Waals surface area (Å²) in [5, 5.41) is 0. The maximum absolute atomic E-state index is 12.1. The fraction of sp³-hybridized carbons (Fsp3) is 0.200. The molecule has 0 radical (unpaired) electrons. The summed E-state index contributed by atoms with van der Waals surface area (Å²) in [6, 6.07) is 7.12. The van der Waals surface area contributed by atoms with E-state index in [1.165, 1.54) is 19.4 Å². The molecular formula is C15H14O4. The van der Waals surface area contributed by atoms with Crippen LogP contribution in [-0.4, -0.2) is 18.9 Å². The first kappa shape index (κ1) is 13.1. The zero-order valence-corrected chi connectivity index (χ0v) is 10.6. The highest BCUT2D eigenvalue weighted by Gasteiger charge is 2.46. The zero-order chi connectivity index (χ0) is 13.9. The Balaban J connectivity index is 2.54. The van der Waals surface area contributed by atoms with E-state index in [0.29, 0.717) is 5.56 Å². The van der Waals surface area contributed by atoms with Crippen LogP contribution in [0.25, 0.3) is 6.08 Å². The van der Waals surface area contributed by atoms with Crippen molar-refractivity contribution in [3.63, 3.8) is 0 Å². The summed E-state index contributed by atoms with van der Waals surface area (Å²) in [7, 11) is 1.27. The van der Waals surface area contributed by atoms with E-state index >= 15 is 0 Å². The third kappa shape index (κ3) is 2.29. The lowest BCUT2D eigenvalue weighted by atomic mass is 9.86. The van der Waals surface area contributed by atoms with E-state index in [9.17, 15) is 9.59 Å². The fourth-order valence-electron chi connectivity index (χ4n) is 2.06. The van der Waals surface area contributed by atoms with Crippen LogP contribution < -0.4 is 0 Å². The van der Waals surface area contributed by atoms with E-state index in [2.05, 4.69) is 6.58 Å². The number of allylic oxidation sites excluding steroid dienone is 1. The SMILES string of the molecule is C=Cc1cccc([C@@]2(C(=O)OC)CC(=O)C=CO2)c1. The van der Waals surface area contributed by atoms with Crippen molar-refractivity contribution >= 4 is 17.8 Å². The minimum absolute atomic E-state index is 0.0726. The monoisotopic (exact) mass is 258 g/mol. The molecule has 2 rings (SSSR count). The third-order valence-electron chi connectivity index (χ3n) is 3.05. The summed E-state index contributed by atoms with van der Waals surface area (Å²) < 4.78 is 10.3. The Kier molecular flexibility index (Phi) is 3.51. The minimum Gasteiger partial charge on any atom is -0.478 e. The second-order valence-corrected chi connectivity index (χ2v) is 4.21. The number of carbonyl (C=O) groups is 2. The molecule has 0 saturated heterocycles. The van der Waals surface area contributed by atoms with Crippen LogP contribution in [0.15, 0.2) is 43.2 Å². The molecule has 0 saturated carbocycles. The van der Waals surface area contributed by atoms with Crippen molar-refractivity contribution in [3.8, 4) is 0 Å². The van der Waals surface area contributed by atoms with Crippen LogP contribution in [0.4, 0.5) is 0 Å². The first-order valence-electron chi connectivity index (χ1n) is 5.81. The number of hydrogen-bond donors (Lipinski definition) is 0. The maximum atomic E-state index is 12.1. The average Bonchev–Trinajstić information content (AvgIpc) is 2.46. The number of ketones is 1. The fourth-order valence-corrected chi connectivity index (χ4v) is 2.06. The molecule has 19 heavy (non-hydrogen) atoms. The van der Waals surface area contributed by atoms with Gasteiger partial charge in [0, 0.05) is 11.6 Å². The lowest BCUT2D eigenvalue weighted by molar-refractivity contribution is -0.168. The van der Waals surface area contributed by atoms with Crippen molar-refractivity contribution in [1.29, 1.82) is 0 Å². The van der Waals surface area contributed by atoms with Gasteiger partial charge in [-0.15, -0.1) is 0 Å². The first-order chi connectivity index (χ1) is 9.12. The Bertz CT molecular complexity index is 559. The van der Waals surface area contributed by atoms with E-state index in [0.717, 1.165) is 5.56 Å². The molecule has 1 aliphatic rings. The topological polar surface area (TPSA) is 52.6 Å². The van der Waals surface area contributed by atoms with Crippen molar-refractivity contribution < 1.29 is 19.1 Å².